The Morgan fingerprint density at radius 2 is 1.91 bits per heavy atom. The number of carbonyl (C=O) groups is 1. The minimum absolute atomic E-state index is 0.0898. The van der Waals surface area contributed by atoms with Gasteiger partial charge in [0, 0.05) is 31.8 Å². The van der Waals surface area contributed by atoms with E-state index in [-0.39, 0.29) is 11.9 Å². The van der Waals surface area contributed by atoms with E-state index in [2.05, 4.69) is 15.2 Å². The van der Waals surface area contributed by atoms with E-state index in [1.54, 1.807) is 22.1 Å². The lowest BCUT2D eigenvalue weighted by molar-refractivity contribution is -0.141. The molecular formula is C22H21F3N6OS. The number of hydrogen-bond acceptors (Lipinski definition) is 5. The van der Waals surface area contributed by atoms with Crippen molar-refractivity contribution in [2.24, 2.45) is 14.1 Å². The second-order valence-electron chi connectivity index (χ2n) is 8.28. The summed E-state index contributed by atoms with van der Waals surface area (Å²) in [6, 6.07) is 4.52. The fourth-order valence-electron chi connectivity index (χ4n) is 4.56. The Kier molecular flexibility index (Phi) is 4.85. The first-order valence-corrected chi connectivity index (χ1v) is 11.3. The van der Waals surface area contributed by atoms with Crippen LogP contribution in [0.1, 0.15) is 45.8 Å². The first-order valence-electron chi connectivity index (χ1n) is 10.4. The van der Waals surface area contributed by atoms with Crippen LogP contribution in [0.5, 0.6) is 0 Å². The zero-order valence-corrected chi connectivity index (χ0v) is 19.3. The number of alkyl halides is 3. The highest BCUT2D eigenvalue weighted by molar-refractivity contribution is 7.16. The van der Waals surface area contributed by atoms with E-state index in [4.69, 9.17) is 0 Å². The van der Waals surface area contributed by atoms with Crippen molar-refractivity contribution in [1.82, 2.24) is 29.4 Å². The highest BCUT2D eigenvalue weighted by Crippen LogP contribution is 2.38. The van der Waals surface area contributed by atoms with Gasteiger partial charge in [0.1, 0.15) is 0 Å². The van der Waals surface area contributed by atoms with E-state index in [1.165, 1.54) is 23.1 Å². The molecule has 0 bridgehead atoms. The predicted octanol–water partition coefficient (Wildman–Crippen LogP) is 4.52. The van der Waals surface area contributed by atoms with Crippen molar-refractivity contribution in [1.29, 1.82) is 0 Å². The molecule has 172 valence electrons. The lowest BCUT2D eigenvalue weighted by Gasteiger charge is -2.33. The van der Waals surface area contributed by atoms with Gasteiger partial charge in [0.05, 0.1) is 38.9 Å². The lowest BCUT2D eigenvalue weighted by Crippen LogP contribution is -2.39. The predicted molar refractivity (Wildman–Crippen MR) is 118 cm³/mol. The molecule has 0 aliphatic carbocycles. The lowest BCUT2D eigenvalue weighted by atomic mass is 9.96. The number of aryl methyl sites for hydroxylation is 3. The molecule has 1 atom stereocenters. The highest BCUT2D eigenvalue weighted by atomic mass is 32.1. The van der Waals surface area contributed by atoms with Crippen molar-refractivity contribution in [3.05, 3.63) is 51.8 Å². The highest BCUT2D eigenvalue weighted by Gasteiger charge is 2.37. The van der Waals surface area contributed by atoms with Crippen LogP contribution in [0.3, 0.4) is 0 Å². The Balaban J connectivity index is 1.52. The number of amides is 1. The van der Waals surface area contributed by atoms with Crippen LogP contribution in [0, 0.1) is 6.92 Å². The summed E-state index contributed by atoms with van der Waals surface area (Å²) in [6.45, 7) is 4.24. The van der Waals surface area contributed by atoms with Crippen LogP contribution in [-0.4, -0.2) is 41.9 Å². The molecule has 4 aromatic rings. The molecule has 0 saturated carbocycles. The van der Waals surface area contributed by atoms with Gasteiger partial charge in [0.2, 0.25) is 0 Å². The first-order chi connectivity index (χ1) is 15.6. The molecule has 1 aromatic carbocycles. The molecule has 1 aliphatic rings. The van der Waals surface area contributed by atoms with Crippen LogP contribution >= 0.6 is 11.3 Å². The molecule has 7 nitrogen and oxygen atoms in total. The minimum Gasteiger partial charge on any atom is -0.330 e. The van der Waals surface area contributed by atoms with Gasteiger partial charge in [-0.2, -0.15) is 23.4 Å². The maximum absolute atomic E-state index is 13.5. The summed E-state index contributed by atoms with van der Waals surface area (Å²) in [7, 11) is 3.19. The Hall–Kier alpha value is -3.21. The van der Waals surface area contributed by atoms with Crippen molar-refractivity contribution in [2.75, 3.05) is 6.54 Å². The van der Waals surface area contributed by atoms with E-state index in [0.717, 1.165) is 27.4 Å². The Morgan fingerprint density at radius 1 is 1.15 bits per heavy atom. The molecule has 4 heterocycles. The fraction of sp³-hybridized carbons (Fsp3) is 0.364. The summed E-state index contributed by atoms with van der Waals surface area (Å²) < 4.78 is 43.3. The van der Waals surface area contributed by atoms with Crippen LogP contribution in [0.15, 0.2) is 23.7 Å². The van der Waals surface area contributed by atoms with E-state index in [0.29, 0.717) is 35.6 Å². The maximum Gasteiger partial charge on any atom is 0.435 e. The van der Waals surface area contributed by atoms with E-state index in [1.807, 2.05) is 26.0 Å². The number of carbonyl (C=O) groups excluding carboxylic acids is 1. The number of aromatic nitrogens is 5. The normalized spacial score (nSPS) is 16.5. The van der Waals surface area contributed by atoms with Crippen molar-refractivity contribution in [2.45, 2.75) is 32.5 Å². The molecule has 1 aliphatic heterocycles. The largest absolute Gasteiger partial charge is 0.435 e. The third kappa shape index (κ3) is 3.41. The van der Waals surface area contributed by atoms with E-state index < -0.39 is 11.9 Å². The van der Waals surface area contributed by atoms with Crippen LogP contribution in [0.25, 0.3) is 21.6 Å². The average molecular weight is 475 g/mol. The number of thiazole rings is 1. The molecule has 33 heavy (non-hydrogen) atoms. The molecular weight excluding hydrogens is 453 g/mol. The molecule has 0 fully saturated rings. The van der Waals surface area contributed by atoms with Gasteiger partial charge in [-0.05, 0) is 44.0 Å². The Bertz CT molecular complexity index is 1400. The second-order valence-corrected chi connectivity index (χ2v) is 9.17. The van der Waals surface area contributed by atoms with Gasteiger partial charge in [0.25, 0.3) is 5.91 Å². The Labute approximate surface area is 191 Å². The van der Waals surface area contributed by atoms with E-state index in [9.17, 15) is 18.0 Å². The molecule has 11 heteroatoms. The number of hydrogen-bond donors (Lipinski definition) is 0. The number of nitrogens with zero attached hydrogens (tertiary/aromatic N) is 6. The van der Waals surface area contributed by atoms with Crippen molar-refractivity contribution in [3.63, 3.8) is 0 Å². The van der Waals surface area contributed by atoms with Gasteiger partial charge in [-0.3, -0.25) is 14.2 Å². The van der Waals surface area contributed by atoms with Gasteiger partial charge in [-0.1, -0.05) is 0 Å². The molecule has 5 rings (SSSR count). The van der Waals surface area contributed by atoms with Gasteiger partial charge < -0.3 is 4.90 Å². The van der Waals surface area contributed by atoms with Gasteiger partial charge >= 0.3 is 6.18 Å². The number of fused-ring (bicyclic) bond motifs is 2. The summed E-state index contributed by atoms with van der Waals surface area (Å²) in [4.78, 5) is 19.6. The smallest absolute Gasteiger partial charge is 0.330 e. The molecule has 0 unspecified atom stereocenters. The molecule has 1 amide bonds. The molecule has 0 saturated heterocycles. The summed E-state index contributed by atoms with van der Waals surface area (Å²) in [6.07, 6.45) is -4.04. The third-order valence-electron chi connectivity index (χ3n) is 6.22. The quantitative estimate of drug-likeness (QED) is 0.429. The van der Waals surface area contributed by atoms with Crippen LogP contribution in [-0.2, 0) is 26.7 Å². The number of rotatable bonds is 2. The summed E-state index contributed by atoms with van der Waals surface area (Å²) >= 11 is 1.49. The monoisotopic (exact) mass is 474 g/mol. The zero-order valence-electron chi connectivity index (χ0n) is 18.4. The first kappa shape index (κ1) is 21.6. The zero-order chi connectivity index (χ0) is 23.7. The number of benzene rings is 1. The number of halogens is 3. The summed E-state index contributed by atoms with van der Waals surface area (Å²) in [5.74, 6) is -0.0898. The molecule has 0 spiro atoms. The van der Waals surface area contributed by atoms with Crippen molar-refractivity contribution < 1.29 is 18.0 Å². The fourth-order valence-corrected chi connectivity index (χ4v) is 5.26. The third-order valence-corrected chi connectivity index (χ3v) is 7.02. The van der Waals surface area contributed by atoms with Crippen LogP contribution < -0.4 is 0 Å². The summed E-state index contributed by atoms with van der Waals surface area (Å²) in [5, 5.41) is 8.25. The maximum atomic E-state index is 13.5. The summed E-state index contributed by atoms with van der Waals surface area (Å²) in [5.41, 5.74) is 5.64. The van der Waals surface area contributed by atoms with Crippen LogP contribution in [0.4, 0.5) is 13.2 Å². The van der Waals surface area contributed by atoms with Gasteiger partial charge in [-0.25, -0.2) is 4.98 Å². The Morgan fingerprint density at radius 3 is 2.61 bits per heavy atom. The van der Waals surface area contributed by atoms with Crippen molar-refractivity contribution >= 4 is 27.5 Å². The minimum atomic E-state index is -4.53. The van der Waals surface area contributed by atoms with Crippen molar-refractivity contribution in [3.8, 4) is 11.4 Å². The van der Waals surface area contributed by atoms with Gasteiger partial charge in [-0.15, -0.1) is 11.3 Å². The second kappa shape index (κ2) is 7.41. The van der Waals surface area contributed by atoms with Crippen LogP contribution in [0.2, 0.25) is 0 Å². The van der Waals surface area contributed by atoms with E-state index >= 15 is 0 Å². The SMILES string of the molecule is Cc1cc2ncsc2cc1C(=O)N1CCc2c(nn(C)c2-c2cc(C(F)(F)F)nn2C)[C@@H]1C. The topological polar surface area (TPSA) is 68.8 Å². The molecule has 3 aromatic heterocycles. The van der Waals surface area contributed by atoms with Gasteiger partial charge in [0.15, 0.2) is 5.69 Å². The standard InChI is InChI=1S/C22H21F3N6OS/c1-11-7-15-17(33-10-26-15)8-14(11)21(32)31-6-5-13-19(12(31)2)28-30(4)20(13)16-9-18(22(23,24)25)27-29(16)3/h7-10,12H,5-6H2,1-4H3/t12-/m0/s1. The average Bonchev–Trinajstić information content (AvgIpc) is 3.43. The molecule has 0 radical (unpaired) electrons. The molecule has 0 N–H and O–H groups in total.